The maximum absolute atomic E-state index is 13.7. The van der Waals surface area contributed by atoms with Crippen molar-refractivity contribution < 1.29 is 59.8 Å². The SMILES string of the molecule is CCOC1C(C)CC[C@@]2(OCC)C13OC(=O)C[C@]2(C)C1(O)C(=O)C(OS(=O)(=O)C(F)(F)F)=C(C)C13O. The van der Waals surface area contributed by atoms with E-state index in [1.807, 2.05) is 0 Å². The van der Waals surface area contributed by atoms with Gasteiger partial charge < -0.3 is 28.6 Å². The third kappa shape index (κ3) is 2.59. The van der Waals surface area contributed by atoms with E-state index >= 15 is 0 Å². The molecular formula is C22H29F3O10S. The van der Waals surface area contributed by atoms with Crippen LogP contribution < -0.4 is 0 Å². The quantitative estimate of drug-likeness (QED) is 0.288. The van der Waals surface area contributed by atoms with Crippen molar-refractivity contribution in [2.75, 3.05) is 13.2 Å². The molecule has 0 aromatic carbocycles. The van der Waals surface area contributed by atoms with Gasteiger partial charge in [0, 0.05) is 18.8 Å². The first-order chi connectivity index (χ1) is 16.4. The minimum atomic E-state index is -6.35. The van der Waals surface area contributed by atoms with Gasteiger partial charge in [-0.3, -0.25) is 9.59 Å². The number of hydrogen-bond acceptors (Lipinski definition) is 10. The van der Waals surface area contributed by atoms with Gasteiger partial charge in [-0.25, -0.2) is 0 Å². The lowest BCUT2D eigenvalue weighted by atomic mass is 9.55. The van der Waals surface area contributed by atoms with Crippen molar-refractivity contribution in [2.45, 2.75) is 87.9 Å². The first-order valence-corrected chi connectivity index (χ1v) is 13.0. The summed E-state index contributed by atoms with van der Waals surface area (Å²) in [6, 6.07) is 0. The molecule has 0 radical (unpaired) electrons. The highest BCUT2D eigenvalue weighted by atomic mass is 32.2. The number of carbonyl (C=O) groups excluding carboxylic acids is 2. The monoisotopic (exact) mass is 542 g/mol. The molecule has 3 aliphatic carbocycles. The molecule has 0 aromatic heterocycles. The second kappa shape index (κ2) is 7.65. The van der Waals surface area contributed by atoms with E-state index in [1.54, 1.807) is 20.8 Å². The largest absolute Gasteiger partial charge is 0.534 e. The van der Waals surface area contributed by atoms with Gasteiger partial charge in [0.25, 0.3) is 0 Å². The van der Waals surface area contributed by atoms with E-state index in [0.717, 1.165) is 6.92 Å². The molecule has 1 heterocycles. The number of Topliss-reactive ketones (excluding diaryl/α,β-unsaturated/α-hetero) is 1. The van der Waals surface area contributed by atoms with Gasteiger partial charge in [-0.15, -0.1) is 0 Å². The minimum Gasteiger partial charge on any atom is -0.449 e. The van der Waals surface area contributed by atoms with E-state index in [4.69, 9.17) is 14.2 Å². The smallest absolute Gasteiger partial charge is 0.449 e. The summed E-state index contributed by atoms with van der Waals surface area (Å²) in [5, 5.41) is 24.6. The summed E-state index contributed by atoms with van der Waals surface area (Å²) in [4.78, 5) is 26.7. The van der Waals surface area contributed by atoms with Crippen molar-refractivity contribution in [3.8, 4) is 0 Å². The van der Waals surface area contributed by atoms with Gasteiger partial charge in [0.2, 0.25) is 11.4 Å². The first kappa shape index (κ1) is 27.3. The van der Waals surface area contributed by atoms with E-state index in [2.05, 4.69) is 4.18 Å². The van der Waals surface area contributed by atoms with E-state index in [0.29, 0.717) is 6.42 Å². The highest BCUT2D eigenvalue weighted by Gasteiger charge is 2.98. The molecule has 3 fully saturated rings. The number of halogens is 3. The Labute approximate surface area is 205 Å². The molecule has 36 heavy (non-hydrogen) atoms. The van der Waals surface area contributed by atoms with Crippen LogP contribution in [0.15, 0.2) is 11.3 Å². The van der Waals surface area contributed by atoms with Gasteiger partial charge in [-0.2, -0.15) is 21.6 Å². The Morgan fingerprint density at radius 2 is 1.75 bits per heavy atom. The molecular weight excluding hydrogens is 513 g/mol. The fourth-order valence-electron chi connectivity index (χ4n) is 7.30. The average molecular weight is 543 g/mol. The Hall–Kier alpha value is -1.74. The first-order valence-electron chi connectivity index (χ1n) is 11.6. The van der Waals surface area contributed by atoms with Crippen LogP contribution in [0.3, 0.4) is 0 Å². The lowest BCUT2D eigenvalue weighted by molar-refractivity contribution is -0.325. The number of rotatable bonds is 6. The van der Waals surface area contributed by atoms with Gasteiger partial charge >= 0.3 is 21.6 Å². The van der Waals surface area contributed by atoms with Gasteiger partial charge in [0.1, 0.15) is 11.7 Å². The number of ether oxygens (including phenoxy) is 3. The molecule has 10 nitrogen and oxygen atoms in total. The van der Waals surface area contributed by atoms with Crippen molar-refractivity contribution in [1.82, 2.24) is 0 Å². The summed E-state index contributed by atoms with van der Waals surface area (Å²) in [5.74, 6) is -4.34. The molecule has 0 spiro atoms. The molecule has 4 rings (SSSR count). The molecule has 2 saturated carbocycles. The Bertz CT molecular complexity index is 1150. The number of alkyl halides is 3. The molecule has 2 N–H and O–H groups in total. The Balaban J connectivity index is 2.11. The van der Waals surface area contributed by atoms with Crippen LogP contribution in [0, 0.1) is 11.3 Å². The van der Waals surface area contributed by atoms with E-state index in [1.165, 1.54) is 6.92 Å². The third-order valence-corrected chi connectivity index (χ3v) is 9.58. The van der Waals surface area contributed by atoms with Crippen molar-refractivity contribution >= 4 is 21.9 Å². The van der Waals surface area contributed by atoms with Crippen LogP contribution in [0.25, 0.3) is 0 Å². The maximum Gasteiger partial charge on any atom is 0.534 e. The number of fused-ring (bicyclic) bond motifs is 2. The molecule has 0 amide bonds. The zero-order valence-electron chi connectivity index (χ0n) is 20.4. The summed E-state index contributed by atoms with van der Waals surface area (Å²) in [7, 11) is -6.35. The highest BCUT2D eigenvalue weighted by Crippen LogP contribution is 2.77. The number of carbonyl (C=O) groups is 2. The maximum atomic E-state index is 13.7. The second-order valence-electron chi connectivity index (χ2n) is 10.1. The molecule has 2 bridgehead atoms. The Morgan fingerprint density at radius 3 is 2.28 bits per heavy atom. The van der Waals surface area contributed by atoms with Crippen LogP contribution in [0.5, 0.6) is 0 Å². The molecule has 1 saturated heterocycles. The fraction of sp³-hybridized carbons (Fsp3) is 0.818. The minimum absolute atomic E-state index is 0.00294. The van der Waals surface area contributed by atoms with Crippen LogP contribution in [0.1, 0.15) is 53.9 Å². The average Bonchev–Trinajstić information content (AvgIpc) is 2.94. The Morgan fingerprint density at radius 1 is 1.14 bits per heavy atom. The molecule has 4 aliphatic rings. The molecule has 5 unspecified atom stereocenters. The zero-order valence-corrected chi connectivity index (χ0v) is 21.2. The molecule has 14 heteroatoms. The van der Waals surface area contributed by atoms with Crippen molar-refractivity contribution in [3.05, 3.63) is 11.3 Å². The highest BCUT2D eigenvalue weighted by molar-refractivity contribution is 7.87. The number of ketones is 1. The lowest BCUT2D eigenvalue weighted by Crippen LogP contribution is -2.78. The number of esters is 1. The summed E-state index contributed by atoms with van der Waals surface area (Å²) in [6.07, 6.45) is -1.34. The van der Waals surface area contributed by atoms with Crippen molar-refractivity contribution in [1.29, 1.82) is 0 Å². The number of aliphatic hydroxyl groups is 2. The van der Waals surface area contributed by atoms with Gasteiger partial charge in [-0.05, 0) is 39.5 Å². The predicted molar refractivity (Wildman–Crippen MR) is 113 cm³/mol. The van der Waals surface area contributed by atoms with Crippen LogP contribution in [-0.2, 0) is 38.1 Å². The van der Waals surface area contributed by atoms with Gasteiger partial charge in [0.05, 0.1) is 11.8 Å². The van der Waals surface area contributed by atoms with Crippen LogP contribution in [0.4, 0.5) is 13.2 Å². The van der Waals surface area contributed by atoms with E-state index in [9.17, 15) is 41.4 Å². The topological polar surface area (TPSA) is 146 Å². The standard InChI is InChI=1S/C22H29F3O10S/c1-6-32-16-11(3)8-9-18(33-7-2)17(5)10-13(26)34-21(16,18)19(28)12(4)14(15(27)20(17,19)29)35-36(30,31)22(23,24)25/h11,16,28-29H,6-10H2,1-5H3/t11?,16?,17-,18-,19?,20?,21?/m0/s1. The normalized spacial score (nSPS) is 44.4. The summed E-state index contributed by atoms with van der Waals surface area (Å²) < 4.78 is 85.3. The molecule has 1 aliphatic heterocycles. The molecule has 7 atom stereocenters. The van der Waals surface area contributed by atoms with Crippen LogP contribution in [0.2, 0.25) is 0 Å². The zero-order chi connectivity index (χ0) is 27.3. The summed E-state index contributed by atoms with van der Waals surface area (Å²) in [5.41, 5.74) is -18.6. The van der Waals surface area contributed by atoms with Gasteiger partial charge in [-0.1, -0.05) is 13.8 Å². The summed E-state index contributed by atoms with van der Waals surface area (Å²) >= 11 is 0. The second-order valence-corrected chi connectivity index (χ2v) is 11.6. The molecule has 204 valence electrons. The Kier molecular flexibility index (Phi) is 5.80. The fourth-order valence-corrected chi connectivity index (χ4v) is 7.81. The van der Waals surface area contributed by atoms with Crippen LogP contribution in [-0.4, -0.2) is 77.6 Å². The number of hydrogen-bond donors (Lipinski definition) is 2. The van der Waals surface area contributed by atoms with E-state index < -0.39 is 85.0 Å². The predicted octanol–water partition coefficient (Wildman–Crippen LogP) is 1.49. The molecule has 0 aromatic rings. The van der Waals surface area contributed by atoms with Crippen LogP contribution >= 0.6 is 0 Å². The third-order valence-electron chi connectivity index (χ3n) is 8.62. The van der Waals surface area contributed by atoms with Crippen molar-refractivity contribution in [2.24, 2.45) is 11.3 Å². The van der Waals surface area contributed by atoms with E-state index in [-0.39, 0.29) is 19.6 Å². The summed E-state index contributed by atoms with van der Waals surface area (Å²) in [6.45, 7) is 7.29. The van der Waals surface area contributed by atoms with Crippen molar-refractivity contribution in [3.63, 3.8) is 0 Å². The van der Waals surface area contributed by atoms with Gasteiger partial charge in [0.15, 0.2) is 17.0 Å². The lowest BCUT2D eigenvalue weighted by Gasteiger charge is -2.62.